The second-order valence-electron chi connectivity index (χ2n) is 9.89. The highest BCUT2D eigenvalue weighted by Gasteiger charge is 2.34. The van der Waals surface area contributed by atoms with Gasteiger partial charge in [-0.15, -0.1) is 11.3 Å². The molecule has 0 bridgehead atoms. The zero-order valence-corrected chi connectivity index (χ0v) is 22.1. The molecule has 0 radical (unpaired) electrons. The van der Waals surface area contributed by atoms with E-state index in [1.165, 1.54) is 14.9 Å². The number of hydrogen-bond donors (Lipinski definition) is 0. The van der Waals surface area contributed by atoms with Gasteiger partial charge in [0.05, 0.1) is 0 Å². The van der Waals surface area contributed by atoms with Crippen LogP contribution in [0.3, 0.4) is 0 Å². The predicted octanol–water partition coefficient (Wildman–Crippen LogP) is 6.88. The minimum absolute atomic E-state index is 0.259. The van der Waals surface area contributed by atoms with Crippen LogP contribution in [0.15, 0.2) is 115 Å². The summed E-state index contributed by atoms with van der Waals surface area (Å²) in [5.74, 6) is 1.000. The minimum atomic E-state index is -3.04. The number of allylic oxidation sites excluding steroid dienone is 1. The highest BCUT2D eigenvalue weighted by Crippen LogP contribution is 2.44. The van der Waals surface area contributed by atoms with Gasteiger partial charge in [0.2, 0.25) is 0 Å². The third-order valence-electron chi connectivity index (χ3n) is 7.50. The number of rotatable bonds is 4. The van der Waals surface area contributed by atoms with Gasteiger partial charge in [0.15, 0.2) is 7.14 Å². The molecule has 3 nitrogen and oxygen atoms in total. The van der Waals surface area contributed by atoms with Crippen molar-refractivity contribution in [2.45, 2.75) is 18.9 Å². The first-order valence-electron chi connectivity index (χ1n) is 12.5. The Balaban J connectivity index is 1.35. The second kappa shape index (κ2) is 8.41. The maximum atomic E-state index is 15.0. The molecular weight excluding hydrogens is 491 g/mol. The summed E-state index contributed by atoms with van der Waals surface area (Å²) in [5, 5.41) is 3.78. The molecule has 180 valence electrons. The molecule has 6 aromatic rings. The van der Waals surface area contributed by atoms with E-state index in [4.69, 9.17) is 4.98 Å². The molecule has 0 spiro atoms. The van der Waals surface area contributed by atoms with Crippen molar-refractivity contribution in [1.82, 2.24) is 9.55 Å². The van der Waals surface area contributed by atoms with Gasteiger partial charge in [-0.1, -0.05) is 110 Å². The summed E-state index contributed by atoms with van der Waals surface area (Å²) in [5.41, 5.74) is 1.98. The Bertz CT molecular complexity index is 1810. The van der Waals surface area contributed by atoms with E-state index in [2.05, 4.69) is 66.1 Å². The van der Waals surface area contributed by atoms with E-state index in [0.717, 1.165) is 39.4 Å². The van der Waals surface area contributed by atoms with Gasteiger partial charge in [0.25, 0.3) is 0 Å². The fourth-order valence-electron chi connectivity index (χ4n) is 5.48. The Hall–Kier alpha value is -3.72. The van der Waals surface area contributed by atoms with E-state index in [0.29, 0.717) is 0 Å². The highest BCUT2D eigenvalue weighted by molar-refractivity contribution is 7.85. The van der Waals surface area contributed by atoms with Crippen molar-refractivity contribution in [1.29, 1.82) is 0 Å². The zero-order valence-electron chi connectivity index (χ0n) is 20.4. The van der Waals surface area contributed by atoms with E-state index < -0.39 is 7.14 Å². The van der Waals surface area contributed by atoms with Crippen LogP contribution in [0.2, 0.25) is 0 Å². The van der Waals surface area contributed by atoms with Crippen LogP contribution >= 0.6 is 18.5 Å². The van der Waals surface area contributed by atoms with Crippen LogP contribution in [0.5, 0.6) is 0 Å². The molecule has 37 heavy (non-hydrogen) atoms. The third-order valence-corrected chi connectivity index (χ3v) is 11.7. The number of nitrogens with zero attached hydrogens (tertiary/aromatic N) is 2. The van der Waals surface area contributed by atoms with Gasteiger partial charge in [-0.3, -0.25) is 0 Å². The Kier molecular flexibility index (Phi) is 5.11. The topological polar surface area (TPSA) is 34.9 Å². The molecule has 0 N–H and O–H groups in total. The minimum Gasteiger partial charge on any atom is -0.315 e. The predicted molar refractivity (Wildman–Crippen MR) is 157 cm³/mol. The van der Waals surface area contributed by atoms with Crippen LogP contribution in [-0.2, 0) is 16.5 Å². The smallest absolute Gasteiger partial charge is 0.171 e. The summed E-state index contributed by atoms with van der Waals surface area (Å²) in [6.45, 7) is 3.05. The van der Waals surface area contributed by atoms with Crippen LogP contribution in [0.4, 0.5) is 0 Å². The van der Waals surface area contributed by atoms with Crippen molar-refractivity contribution in [2.75, 3.05) is 0 Å². The van der Waals surface area contributed by atoms with Crippen LogP contribution < -0.4 is 15.9 Å². The van der Waals surface area contributed by atoms with Crippen molar-refractivity contribution >= 4 is 60.9 Å². The SMILES string of the molecule is CC1(c2cccc(P(=O)(c3ccccc3)c3ccccc3)c2)C=Cc2nc3c4ccccc4sc3n2C1. The Morgan fingerprint density at radius 3 is 2.19 bits per heavy atom. The van der Waals surface area contributed by atoms with Crippen LogP contribution in [0.1, 0.15) is 18.3 Å². The lowest BCUT2D eigenvalue weighted by molar-refractivity contribution is 0.484. The van der Waals surface area contributed by atoms with E-state index in [9.17, 15) is 4.57 Å². The number of hydrogen-bond acceptors (Lipinski definition) is 3. The van der Waals surface area contributed by atoms with Gasteiger partial charge in [-0.05, 0) is 23.8 Å². The van der Waals surface area contributed by atoms with Gasteiger partial charge in [0.1, 0.15) is 16.2 Å². The number of imidazole rings is 1. The molecule has 3 heterocycles. The lowest BCUT2D eigenvalue weighted by Crippen LogP contribution is -2.31. The lowest BCUT2D eigenvalue weighted by Gasteiger charge is -2.32. The van der Waals surface area contributed by atoms with Gasteiger partial charge < -0.3 is 9.13 Å². The summed E-state index contributed by atoms with van der Waals surface area (Å²) in [6, 6.07) is 36.7. The van der Waals surface area contributed by atoms with Gasteiger partial charge in [0, 0.05) is 38.0 Å². The summed E-state index contributed by atoms with van der Waals surface area (Å²) in [6.07, 6.45) is 4.40. The Morgan fingerprint density at radius 1 is 0.811 bits per heavy atom. The van der Waals surface area contributed by atoms with Crippen LogP contribution in [0, 0.1) is 0 Å². The van der Waals surface area contributed by atoms with E-state index >= 15 is 0 Å². The standard InChI is InChI=1S/C32H25N2OPS/c1-32(20-19-29-33-30-27-17-8-9-18-28(27)37-31(30)34(29)22-32)23-11-10-16-26(21-23)36(35,24-12-4-2-5-13-24)25-14-6-3-7-15-25/h2-21H,22H2,1H3. The third kappa shape index (κ3) is 3.48. The summed E-state index contributed by atoms with van der Waals surface area (Å²) in [4.78, 5) is 6.19. The number of benzene rings is 4. The maximum absolute atomic E-state index is 15.0. The molecule has 0 saturated carbocycles. The number of fused-ring (bicyclic) bond motifs is 5. The van der Waals surface area contributed by atoms with Crippen molar-refractivity contribution < 1.29 is 4.57 Å². The molecule has 5 heteroatoms. The normalized spacial score (nSPS) is 17.3. The largest absolute Gasteiger partial charge is 0.315 e. The van der Waals surface area contributed by atoms with Crippen molar-refractivity contribution in [3.05, 3.63) is 127 Å². The molecule has 0 fully saturated rings. The molecule has 0 aliphatic carbocycles. The van der Waals surface area contributed by atoms with Crippen molar-refractivity contribution in [3.63, 3.8) is 0 Å². The lowest BCUT2D eigenvalue weighted by atomic mass is 9.80. The Morgan fingerprint density at radius 2 is 1.46 bits per heavy atom. The fourth-order valence-corrected chi connectivity index (χ4v) is 9.32. The average Bonchev–Trinajstić information content (AvgIpc) is 3.50. The monoisotopic (exact) mass is 516 g/mol. The van der Waals surface area contributed by atoms with E-state index in [1.54, 1.807) is 11.3 Å². The molecule has 1 aliphatic heterocycles. The summed E-state index contributed by atoms with van der Waals surface area (Å²) >= 11 is 1.80. The van der Waals surface area contributed by atoms with Gasteiger partial charge >= 0.3 is 0 Å². The van der Waals surface area contributed by atoms with E-state index in [1.807, 2.05) is 66.7 Å². The fraction of sp³-hybridized carbons (Fsp3) is 0.0938. The molecular formula is C32H25N2OPS. The summed E-state index contributed by atoms with van der Waals surface area (Å²) < 4.78 is 18.6. The molecule has 7 rings (SSSR count). The van der Waals surface area contributed by atoms with Gasteiger partial charge in [-0.25, -0.2) is 4.98 Å². The number of thiophene rings is 1. The highest BCUT2D eigenvalue weighted by atomic mass is 32.1. The first-order chi connectivity index (χ1) is 18.1. The molecule has 2 aromatic heterocycles. The molecule has 4 aromatic carbocycles. The average molecular weight is 517 g/mol. The summed E-state index contributed by atoms with van der Waals surface area (Å²) in [7, 11) is -3.04. The second-order valence-corrected chi connectivity index (χ2v) is 13.7. The first kappa shape index (κ1) is 22.5. The Labute approximate surface area is 220 Å². The first-order valence-corrected chi connectivity index (χ1v) is 15.0. The zero-order chi connectivity index (χ0) is 25.0. The van der Waals surface area contributed by atoms with Gasteiger partial charge in [-0.2, -0.15) is 0 Å². The van der Waals surface area contributed by atoms with Crippen LogP contribution in [0.25, 0.3) is 26.5 Å². The van der Waals surface area contributed by atoms with E-state index in [-0.39, 0.29) is 5.41 Å². The van der Waals surface area contributed by atoms with Crippen LogP contribution in [-0.4, -0.2) is 9.55 Å². The maximum Gasteiger partial charge on any atom is 0.171 e. The van der Waals surface area contributed by atoms with Crippen molar-refractivity contribution in [3.8, 4) is 0 Å². The molecule has 0 amide bonds. The molecule has 0 saturated heterocycles. The number of aromatic nitrogens is 2. The molecule has 1 atom stereocenters. The quantitative estimate of drug-likeness (QED) is 0.240. The molecule has 1 unspecified atom stereocenters. The van der Waals surface area contributed by atoms with Crippen molar-refractivity contribution in [2.24, 2.45) is 0 Å². The molecule has 1 aliphatic rings.